The lowest BCUT2D eigenvalue weighted by atomic mass is 9.72. The van der Waals surface area contributed by atoms with Crippen molar-refractivity contribution in [1.29, 1.82) is 0 Å². The molecule has 2 aromatic rings. The van der Waals surface area contributed by atoms with Crippen LogP contribution in [-0.4, -0.2) is 34.1 Å². The van der Waals surface area contributed by atoms with E-state index in [9.17, 15) is 4.79 Å². The van der Waals surface area contributed by atoms with E-state index >= 15 is 0 Å². The number of hydrogen-bond donors (Lipinski definition) is 0. The second-order valence-corrected chi connectivity index (χ2v) is 7.41. The first kappa shape index (κ1) is 19.3. The summed E-state index contributed by atoms with van der Waals surface area (Å²) in [6.07, 6.45) is 4.22. The van der Waals surface area contributed by atoms with Crippen molar-refractivity contribution in [3.63, 3.8) is 0 Å². The van der Waals surface area contributed by atoms with Crippen LogP contribution in [0.2, 0.25) is 0 Å². The Kier molecular flexibility index (Phi) is 6.04. The molecule has 27 heavy (non-hydrogen) atoms. The van der Waals surface area contributed by atoms with Crippen molar-refractivity contribution in [2.24, 2.45) is 5.92 Å². The summed E-state index contributed by atoms with van der Waals surface area (Å²) in [6.45, 7) is 0. The van der Waals surface area contributed by atoms with Crippen LogP contribution < -0.4 is 14.4 Å². The Balaban J connectivity index is 1.92. The number of methoxy groups -OCH3 is 2. The number of benzene rings is 2. The lowest BCUT2D eigenvalue weighted by Crippen LogP contribution is -2.26. The molecule has 4 heteroatoms. The largest absolute Gasteiger partial charge is 0.497 e. The zero-order chi connectivity index (χ0) is 19.4. The second kappa shape index (κ2) is 8.47. The fourth-order valence-corrected chi connectivity index (χ4v) is 4.07. The number of Topliss-reactive ketones (excluding diaryl/α,β-unsaturated/α-hetero) is 1. The van der Waals surface area contributed by atoms with Gasteiger partial charge in [0.2, 0.25) is 0 Å². The average molecular weight is 367 g/mol. The van der Waals surface area contributed by atoms with E-state index in [2.05, 4.69) is 29.2 Å². The van der Waals surface area contributed by atoms with Gasteiger partial charge in [-0.05, 0) is 54.7 Å². The van der Waals surface area contributed by atoms with E-state index in [1.807, 2.05) is 32.3 Å². The van der Waals surface area contributed by atoms with Crippen molar-refractivity contribution in [1.82, 2.24) is 0 Å². The molecule has 3 rings (SSSR count). The number of ether oxygens (including phenoxy) is 2. The molecular weight excluding hydrogens is 338 g/mol. The number of anilines is 1. The van der Waals surface area contributed by atoms with Crippen LogP contribution in [0.1, 0.15) is 47.5 Å². The van der Waals surface area contributed by atoms with E-state index in [1.54, 1.807) is 14.2 Å². The zero-order valence-electron chi connectivity index (χ0n) is 16.7. The van der Waals surface area contributed by atoms with E-state index in [4.69, 9.17) is 9.47 Å². The van der Waals surface area contributed by atoms with Gasteiger partial charge >= 0.3 is 0 Å². The molecule has 0 saturated heterocycles. The van der Waals surface area contributed by atoms with Gasteiger partial charge in [0.25, 0.3) is 0 Å². The van der Waals surface area contributed by atoms with Crippen molar-refractivity contribution < 1.29 is 14.3 Å². The monoisotopic (exact) mass is 367 g/mol. The number of hydrogen-bond acceptors (Lipinski definition) is 4. The van der Waals surface area contributed by atoms with Crippen LogP contribution in [0.4, 0.5) is 5.69 Å². The third-order valence-corrected chi connectivity index (χ3v) is 5.61. The normalized spacial score (nSPS) is 19.4. The molecule has 0 radical (unpaired) electrons. The number of rotatable bonds is 6. The summed E-state index contributed by atoms with van der Waals surface area (Å²) in [7, 11) is 7.30. The first-order chi connectivity index (χ1) is 13.0. The lowest BCUT2D eigenvalue weighted by Gasteiger charge is -2.31. The molecule has 2 aromatic carbocycles. The Bertz CT molecular complexity index is 783. The van der Waals surface area contributed by atoms with Crippen LogP contribution >= 0.6 is 0 Å². The van der Waals surface area contributed by atoms with Gasteiger partial charge < -0.3 is 14.4 Å². The number of carbonyl (C=O) groups is 1. The summed E-state index contributed by atoms with van der Waals surface area (Å²) < 4.78 is 10.8. The van der Waals surface area contributed by atoms with Crippen molar-refractivity contribution in [3.05, 3.63) is 53.6 Å². The standard InChI is InChI=1S/C23H29NO3/c1-24(2)17-11-9-16(10-12-17)19-7-5-6-8-20(19)23(25)21-15-18(26-3)13-14-22(21)27-4/h9-15,19-20H,5-8H2,1-4H3. The predicted molar refractivity (Wildman–Crippen MR) is 109 cm³/mol. The van der Waals surface area contributed by atoms with E-state index in [0.29, 0.717) is 17.1 Å². The number of nitrogens with zero attached hydrogens (tertiary/aromatic N) is 1. The summed E-state index contributed by atoms with van der Waals surface area (Å²) in [5.41, 5.74) is 3.05. The Morgan fingerprint density at radius 3 is 2.30 bits per heavy atom. The molecule has 0 aromatic heterocycles. The van der Waals surface area contributed by atoms with Crippen LogP contribution in [0, 0.1) is 5.92 Å². The highest BCUT2D eigenvalue weighted by Gasteiger charge is 2.34. The molecule has 0 heterocycles. The van der Waals surface area contributed by atoms with E-state index in [-0.39, 0.29) is 17.6 Å². The first-order valence-electron chi connectivity index (χ1n) is 9.58. The highest BCUT2D eigenvalue weighted by atomic mass is 16.5. The van der Waals surface area contributed by atoms with Crippen molar-refractivity contribution in [2.45, 2.75) is 31.6 Å². The molecule has 0 amide bonds. The fraction of sp³-hybridized carbons (Fsp3) is 0.435. The molecular formula is C23H29NO3. The Morgan fingerprint density at radius 1 is 0.963 bits per heavy atom. The SMILES string of the molecule is COc1ccc(OC)c(C(=O)C2CCCCC2c2ccc(N(C)C)cc2)c1. The summed E-state index contributed by atoms with van der Waals surface area (Å²) in [6, 6.07) is 14.1. The highest BCUT2D eigenvalue weighted by molar-refractivity contribution is 6.01. The maximum Gasteiger partial charge on any atom is 0.170 e. The molecule has 0 aliphatic heterocycles. The molecule has 1 saturated carbocycles. The summed E-state index contributed by atoms with van der Waals surface area (Å²) >= 11 is 0. The van der Waals surface area contributed by atoms with Crippen LogP contribution in [-0.2, 0) is 0 Å². The number of ketones is 1. The summed E-state index contributed by atoms with van der Waals surface area (Å²) in [5.74, 6) is 1.69. The third kappa shape index (κ3) is 4.10. The topological polar surface area (TPSA) is 38.8 Å². The lowest BCUT2D eigenvalue weighted by molar-refractivity contribution is 0.0864. The molecule has 0 spiro atoms. The molecule has 144 valence electrons. The van der Waals surface area contributed by atoms with Gasteiger partial charge in [0.05, 0.1) is 19.8 Å². The average Bonchev–Trinajstić information content (AvgIpc) is 2.72. The van der Waals surface area contributed by atoms with E-state index in [0.717, 1.165) is 19.3 Å². The van der Waals surface area contributed by atoms with Gasteiger partial charge in [0.1, 0.15) is 11.5 Å². The summed E-state index contributed by atoms with van der Waals surface area (Å²) in [4.78, 5) is 15.6. The van der Waals surface area contributed by atoms with Crippen LogP contribution in [0.15, 0.2) is 42.5 Å². The molecule has 2 atom stereocenters. The minimum absolute atomic E-state index is 0.0232. The minimum Gasteiger partial charge on any atom is -0.497 e. The molecule has 0 N–H and O–H groups in total. The van der Waals surface area contributed by atoms with Crippen molar-refractivity contribution in [2.75, 3.05) is 33.2 Å². The predicted octanol–water partition coefficient (Wildman–Crippen LogP) is 4.93. The Hall–Kier alpha value is -2.49. The third-order valence-electron chi connectivity index (χ3n) is 5.61. The van der Waals surface area contributed by atoms with Gasteiger partial charge in [-0.15, -0.1) is 0 Å². The maximum absolute atomic E-state index is 13.5. The number of carbonyl (C=O) groups excluding carboxylic acids is 1. The fourth-order valence-electron chi connectivity index (χ4n) is 4.07. The van der Waals surface area contributed by atoms with Gasteiger partial charge in [0.15, 0.2) is 5.78 Å². The molecule has 0 bridgehead atoms. The second-order valence-electron chi connectivity index (χ2n) is 7.41. The molecule has 4 nitrogen and oxygen atoms in total. The van der Waals surface area contributed by atoms with Gasteiger partial charge in [-0.2, -0.15) is 0 Å². The van der Waals surface area contributed by atoms with Crippen molar-refractivity contribution in [3.8, 4) is 11.5 Å². The zero-order valence-corrected chi connectivity index (χ0v) is 16.7. The molecule has 1 aliphatic rings. The van der Waals surface area contributed by atoms with Crippen LogP contribution in [0.5, 0.6) is 11.5 Å². The van der Waals surface area contributed by atoms with Crippen LogP contribution in [0.25, 0.3) is 0 Å². The Morgan fingerprint density at radius 2 is 1.67 bits per heavy atom. The quantitative estimate of drug-likeness (QED) is 0.679. The van der Waals surface area contributed by atoms with Crippen LogP contribution in [0.3, 0.4) is 0 Å². The van der Waals surface area contributed by atoms with E-state index in [1.165, 1.54) is 17.7 Å². The minimum atomic E-state index is -0.0232. The van der Waals surface area contributed by atoms with Gasteiger partial charge in [-0.1, -0.05) is 25.0 Å². The van der Waals surface area contributed by atoms with E-state index < -0.39 is 0 Å². The maximum atomic E-state index is 13.5. The smallest absolute Gasteiger partial charge is 0.170 e. The molecule has 2 unspecified atom stereocenters. The highest BCUT2D eigenvalue weighted by Crippen LogP contribution is 2.41. The van der Waals surface area contributed by atoms with Crippen molar-refractivity contribution >= 4 is 11.5 Å². The molecule has 1 aliphatic carbocycles. The first-order valence-corrected chi connectivity index (χ1v) is 9.58. The Labute approximate surface area is 162 Å². The van der Waals surface area contributed by atoms with Gasteiger partial charge in [-0.3, -0.25) is 4.79 Å². The van der Waals surface area contributed by atoms with Gasteiger partial charge in [0, 0.05) is 25.7 Å². The summed E-state index contributed by atoms with van der Waals surface area (Å²) in [5, 5.41) is 0. The molecule has 1 fully saturated rings. The van der Waals surface area contributed by atoms with Gasteiger partial charge in [-0.25, -0.2) is 0 Å².